The molecule has 170 valence electrons. The van der Waals surface area contributed by atoms with E-state index in [-0.39, 0.29) is 16.7 Å². The van der Waals surface area contributed by atoms with Crippen molar-refractivity contribution in [2.45, 2.75) is 44.6 Å². The summed E-state index contributed by atoms with van der Waals surface area (Å²) in [5.41, 5.74) is 1.64. The number of nitrogens with one attached hydrogen (secondary N) is 1. The van der Waals surface area contributed by atoms with Crippen molar-refractivity contribution in [3.05, 3.63) is 47.3 Å². The summed E-state index contributed by atoms with van der Waals surface area (Å²) < 4.78 is 32.2. The zero-order valence-corrected chi connectivity index (χ0v) is 19.3. The first kappa shape index (κ1) is 23.4. The summed E-state index contributed by atoms with van der Waals surface area (Å²) in [4.78, 5) is 14.9. The molecule has 0 spiro atoms. The Morgan fingerprint density at radius 2 is 1.90 bits per heavy atom. The number of hydrogen-bond acceptors (Lipinski definition) is 6. The lowest BCUT2D eigenvalue weighted by atomic mass is 9.97. The van der Waals surface area contributed by atoms with E-state index in [9.17, 15) is 13.2 Å². The van der Waals surface area contributed by atoms with Crippen LogP contribution in [-0.2, 0) is 21.4 Å². The average Bonchev–Trinajstić information content (AvgIpc) is 3.10. The molecule has 1 aromatic carbocycles. The number of amides is 1. The molecule has 1 aliphatic rings. The maximum Gasteiger partial charge on any atom is 0.248 e. The van der Waals surface area contributed by atoms with E-state index in [0.29, 0.717) is 43.9 Å². The highest BCUT2D eigenvalue weighted by molar-refractivity contribution is 7.89. The fraction of sp³-hybridized carbons (Fsp3) is 0.545. The minimum atomic E-state index is -3.65. The van der Waals surface area contributed by atoms with E-state index in [4.69, 9.17) is 4.52 Å². The second-order valence-corrected chi connectivity index (χ2v) is 10.1. The zero-order valence-electron chi connectivity index (χ0n) is 18.5. The van der Waals surface area contributed by atoms with Crippen LogP contribution >= 0.6 is 0 Å². The zero-order chi connectivity index (χ0) is 22.4. The van der Waals surface area contributed by atoms with Gasteiger partial charge < -0.3 is 14.7 Å². The lowest BCUT2D eigenvalue weighted by Crippen LogP contribution is -2.43. The summed E-state index contributed by atoms with van der Waals surface area (Å²) in [5, 5.41) is 6.76. The predicted molar refractivity (Wildman–Crippen MR) is 118 cm³/mol. The molecule has 1 fully saturated rings. The molecular formula is C22H32N4O4S. The number of piperidine rings is 1. The second-order valence-electron chi connectivity index (χ2n) is 8.20. The molecule has 0 unspecified atom stereocenters. The van der Waals surface area contributed by atoms with Gasteiger partial charge in [0, 0.05) is 32.1 Å². The van der Waals surface area contributed by atoms with Crippen molar-refractivity contribution in [2.75, 3.05) is 33.2 Å². The highest BCUT2D eigenvalue weighted by Crippen LogP contribution is 2.27. The van der Waals surface area contributed by atoms with E-state index in [1.165, 1.54) is 9.87 Å². The third kappa shape index (κ3) is 5.93. The van der Waals surface area contributed by atoms with Crippen LogP contribution in [0.1, 0.15) is 36.3 Å². The summed E-state index contributed by atoms with van der Waals surface area (Å²) in [6.07, 6.45) is 1.90. The Balaban J connectivity index is 1.39. The average molecular weight is 449 g/mol. The number of benzene rings is 1. The summed E-state index contributed by atoms with van der Waals surface area (Å²) in [7, 11) is -1.57. The van der Waals surface area contributed by atoms with Gasteiger partial charge in [-0.2, -0.15) is 4.31 Å². The number of carbonyl (C=O) groups is 1. The Morgan fingerprint density at radius 1 is 1.23 bits per heavy atom. The number of aryl methyl sites for hydroxylation is 2. The third-order valence-corrected chi connectivity index (χ3v) is 7.85. The van der Waals surface area contributed by atoms with Crippen LogP contribution in [0.2, 0.25) is 0 Å². The molecule has 1 aromatic heterocycles. The second kappa shape index (κ2) is 10.4. The summed E-state index contributed by atoms with van der Waals surface area (Å²) >= 11 is 0. The monoisotopic (exact) mass is 448 g/mol. The van der Waals surface area contributed by atoms with Crippen molar-refractivity contribution in [1.29, 1.82) is 0 Å². The van der Waals surface area contributed by atoms with Gasteiger partial charge in [0.1, 0.15) is 10.6 Å². The van der Waals surface area contributed by atoms with E-state index in [1.807, 2.05) is 18.2 Å². The van der Waals surface area contributed by atoms with Crippen molar-refractivity contribution in [2.24, 2.45) is 5.92 Å². The van der Waals surface area contributed by atoms with Gasteiger partial charge in [-0.3, -0.25) is 4.79 Å². The highest BCUT2D eigenvalue weighted by Gasteiger charge is 2.35. The summed E-state index contributed by atoms with van der Waals surface area (Å²) in [6.45, 7) is 6.27. The Morgan fingerprint density at radius 3 is 2.52 bits per heavy atom. The molecule has 8 nitrogen and oxygen atoms in total. The Labute approximate surface area is 184 Å². The van der Waals surface area contributed by atoms with Crippen LogP contribution in [0.4, 0.5) is 0 Å². The fourth-order valence-electron chi connectivity index (χ4n) is 4.01. The lowest BCUT2D eigenvalue weighted by Gasteiger charge is -2.30. The summed E-state index contributed by atoms with van der Waals surface area (Å²) in [5.74, 6) is 0.160. The predicted octanol–water partition coefficient (Wildman–Crippen LogP) is 2.33. The largest absolute Gasteiger partial charge is 0.360 e. The van der Waals surface area contributed by atoms with Crippen molar-refractivity contribution >= 4 is 15.9 Å². The first-order valence-electron chi connectivity index (χ1n) is 10.7. The van der Waals surface area contributed by atoms with Crippen LogP contribution in [0.25, 0.3) is 0 Å². The van der Waals surface area contributed by atoms with Crippen LogP contribution in [0, 0.1) is 19.8 Å². The quantitative estimate of drug-likeness (QED) is 0.592. The third-order valence-electron chi connectivity index (χ3n) is 5.70. The SMILES string of the molecule is Cc1noc(C)c1S(=O)(=O)N1CCC(C(=O)NCCCN(C)Cc2ccccc2)CC1. The molecule has 9 heteroatoms. The van der Waals surface area contributed by atoms with Crippen LogP contribution in [-0.4, -0.2) is 61.9 Å². The molecule has 3 rings (SSSR count). The summed E-state index contributed by atoms with van der Waals surface area (Å²) in [6, 6.07) is 10.3. The normalized spacial score (nSPS) is 16.0. The number of aromatic nitrogens is 1. The van der Waals surface area contributed by atoms with E-state index < -0.39 is 10.0 Å². The van der Waals surface area contributed by atoms with E-state index >= 15 is 0 Å². The molecular weight excluding hydrogens is 416 g/mol. The number of sulfonamides is 1. The number of carbonyl (C=O) groups excluding carboxylic acids is 1. The Bertz CT molecular complexity index is 947. The molecule has 2 aromatic rings. The van der Waals surface area contributed by atoms with E-state index in [0.717, 1.165) is 19.5 Å². The Hall–Kier alpha value is -2.23. The van der Waals surface area contributed by atoms with Crippen LogP contribution < -0.4 is 5.32 Å². The minimum Gasteiger partial charge on any atom is -0.360 e. The van der Waals surface area contributed by atoms with E-state index in [2.05, 4.69) is 34.6 Å². The smallest absolute Gasteiger partial charge is 0.248 e. The minimum absolute atomic E-state index is 0.0140. The van der Waals surface area contributed by atoms with Gasteiger partial charge in [-0.25, -0.2) is 8.42 Å². The first-order valence-corrected chi connectivity index (χ1v) is 12.2. The van der Waals surface area contributed by atoms with Crippen LogP contribution in [0.5, 0.6) is 0 Å². The van der Waals surface area contributed by atoms with Crippen molar-refractivity contribution in [1.82, 2.24) is 19.7 Å². The molecule has 31 heavy (non-hydrogen) atoms. The van der Waals surface area contributed by atoms with Gasteiger partial charge >= 0.3 is 0 Å². The molecule has 0 saturated carbocycles. The van der Waals surface area contributed by atoms with Crippen molar-refractivity contribution in [3.63, 3.8) is 0 Å². The van der Waals surface area contributed by atoms with E-state index in [1.54, 1.807) is 13.8 Å². The molecule has 1 saturated heterocycles. The fourth-order valence-corrected chi connectivity index (χ4v) is 5.77. The highest BCUT2D eigenvalue weighted by atomic mass is 32.2. The Kier molecular flexibility index (Phi) is 7.85. The van der Waals surface area contributed by atoms with Gasteiger partial charge in [0.05, 0.1) is 0 Å². The molecule has 0 aliphatic carbocycles. The van der Waals surface area contributed by atoms with Gasteiger partial charge in [-0.15, -0.1) is 0 Å². The van der Waals surface area contributed by atoms with Crippen LogP contribution in [0.3, 0.4) is 0 Å². The van der Waals surface area contributed by atoms with Gasteiger partial charge in [0.25, 0.3) is 0 Å². The first-order chi connectivity index (χ1) is 14.8. The van der Waals surface area contributed by atoms with Gasteiger partial charge in [-0.05, 0) is 52.3 Å². The van der Waals surface area contributed by atoms with Gasteiger partial charge in [-0.1, -0.05) is 35.5 Å². The standard InChI is InChI=1S/C22H32N4O4S/c1-17-21(18(2)30-24-17)31(28,29)26-14-10-20(11-15-26)22(27)23-12-7-13-25(3)16-19-8-5-4-6-9-19/h4-6,8-9,20H,7,10-16H2,1-3H3,(H,23,27). The molecule has 2 heterocycles. The molecule has 0 atom stereocenters. The van der Waals surface area contributed by atoms with Gasteiger partial charge in [0.2, 0.25) is 15.9 Å². The van der Waals surface area contributed by atoms with Gasteiger partial charge in [0.15, 0.2) is 5.76 Å². The molecule has 0 bridgehead atoms. The molecule has 1 N–H and O–H groups in total. The topological polar surface area (TPSA) is 95.8 Å². The van der Waals surface area contributed by atoms with Crippen LogP contribution in [0.15, 0.2) is 39.8 Å². The lowest BCUT2D eigenvalue weighted by molar-refractivity contribution is -0.126. The maximum atomic E-state index is 12.9. The number of nitrogens with zero attached hydrogens (tertiary/aromatic N) is 3. The number of rotatable bonds is 9. The van der Waals surface area contributed by atoms with Crippen molar-refractivity contribution < 1.29 is 17.7 Å². The molecule has 1 aliphatic heterocycles. The molecule has 0 radical (unpaired) electrons. The number of hydrogen-bond donors (Lipinski definition) is 1. The maximum absolute atomic E-state index is 12.9. The van der Waals surface area contributed by atoms with Crippen molar-refractivity contribution in [3.8, 4) is 0 Å². The molecule has 1 amide bonds.